The first-order valence-corrected chi connectivity index (χ1v) is 6.01. The molecule has 0 radical (unpaired) electrons. The van der Waals surface area contributed by atoms with Crippen LogP contribution in [0, 0.1) is 5.82 Å². The van der Waals surface area contributed by atoms with Crippen LogP contribution in [0.1, 0.15) is 26.3 Å². The number of fused-ring (bicyclic) bond motifs is 1. The minimum Gasteiger partial charge on any atom is -0.234 e. The van der Waals surface area contributed by atoms with Gasteiger partial charge in [0, 0.05) is 5.39 Å². The van der Waals surface area contributed by atoms with Crippen LogP contribution in [-0.2, 0) is 5.41 Å². The largest absolute Gasteiger partial charge is 0.234 e. The van der Waals surface area contributed by atoms with Crippen LogP contribution in [0.2, 0.25) is 10.2 Å². The highest BCUT2D eigenvalue weighted by atomic mass is 35.5. The van der Waals surface area contributed by atoms with E-state index >= 15 is 0 Å². The minimum atomic E-state index is -0.334. The van der Waals surface area contributed by atoms with Crippen molar-refractivity contribution in [2.45, 2.75) is 26.2 Å². The maximum Gasteiger partial charge on any atom is 0.133 e. The van der Waals surface area contributed by atoms with Gasteiger partial charge in [-0.05, 0) is 29.2 Å². The molecule has 0 unspecified atom stereocenters. The first kappa shape index (κ1) is 12.6. The van der Waals surface area contributed by atoms with Crippen molar-refractivity contribution in [3.05, 3.63) is 39.8 Å². The van der Waals surface area contributed by atoms with Crippen molar-refractivity contribution in [3.8, 4) is 0 Å². The van der Waals surface area contributed by atoms with E-state index in [4.69, 9.17) is 23.2 Å². The number of hydrogen-bond donors (Lipinski definition) is 0. The quantitative estimate of drug-likeness (QED) is 0.616. The molecule has 0 aliphatic carbocycles. The molecule has 1 heterocycles. The van der Waals surface area contributed by atoms with Gasteiger partial charge in [0.15, 0.2) is 0 Å². The molecule has 1 aromatic heterocycles. The Hall–Kier alpha value is -0.860. The molecule has 0 bridgehead atoms. The Morgan fingerprint density at radius 1 is 1.18 bits per heavy atom. The number of rotatable bonds is 0. The zero-order valence-electron chi connectivity index (χ0n) is 9.81. The predicted molar refractivity (Wildman–Crippen MR) is 70.4 cm³/mol. The molecule has 1 aromatic carbocycles. The van der Waals surface area contributed by atoms with Crippen molar-refractivity contribution < 1.29 is 4.39 Å². The fourth-order valence-corrected chi connectivity index (χ4v) is 2.33. The Kier molecular flexibility index (Phi) is 3.04. The second-order valence-electron chi connectivity index (χ2n) is 5.00. The molecule has 0 saturated carbocycles. The molecule has 17 heavy (non-hydrogen) atoms. The minimum absolute atomic E-state index is 0.187. The topological polar surface area (TPSA) is 12.9 Å². The predicted octanol–water partition coefficient (Wildman–Crippen LogP) is 4.98. The molecular weight excluding hydrogens is 260 g/mol. The van der Waals surface area contributed by atoms with E-state index in [2.05, 4.69) is 4.98 Å². The van der Waals surface area contributed by atoms with E-state index in [9.17, 15) is 4.39 Å². The van der Waals surface area contributed by atoms with Crippen LogP contribution in [0.5, 0.6) is 0 Å². The average Bonchev–Trinajstić information content (AvgIpc) is 2.21. The summed E-state index contributed by atoms with van der Waals surface area (Å²) in [5, 5.41) is 1.19. The fourth-order valence-electron chi connectivity index (χ4n) is 1.70. The van der Waals surface area contributed by atoms with Crippen molar-refractivity contribution in [2.24, 2.45) is 0 Å². The molecule has 1 nitrogen and oxygen atoms in total. The normalized spacial score (nSPS) is 12.1. The van der Waals surface area contributed by atoms with E-state index in [-0.39, 0.29) is 11.2 Å². The van der Waals surface area contributed by atoms with Gasteiger partial charge in [-0.25, -0.2) is 9.37 Å². The summed E-state index contributed by atoms with van der Waals surface area (Å²) in [4.78, 5) is 4.20. The van der Waals surface area contributed by atoms with Crippen LogP contribution in [0.4, 0.5) is 4.39 Å². The molecule has 2 rings (SSSR count). The van der Waals surface area contributed by atoms with E-state index in [0.29, 0.717) is 21.1 Å². The van der Waals surface area contributed by atoms with Crippen LogP contribution < -0.4 is 0 Å². The summed E-state index contributed by atoms with van der Waals surface area (Å²) in [7, 11) is 0. The van der Waals surface area contributed by atoms with Gasteiger partial charge in [0.05, 0.1) is 10.5 Å². The zero-order valence-corrected chi connectivity index (χ0v) is 11.3. The van der Waals surface area contributed by atoms with Gasteiger partial charge in [-0.1, -0.05) is 44.0 Å². The van der Waals surface area contributed by atoms with Gasteiger partial charge in [-0.2, -0.15) is 0 Å². The number of aromatic nitrogens is 1. The van der Waals surface area contributed by atoms with Crippen LogP contribution >= 0.6 is 23.2 Å². The summed E-state index contributed by atoms with van der Waals surface area (Å²) in [5.41, 5.74) is 1.03. The lowest BCUT2D eigenvalue weighted by atomic mass is 9.87. The molecule has 0 atom stereocenters. The molecule has 4 heteroatoms. The number of halogens is 3. The van der Waals surface area contributed by atoms with Crippen molar-refractivity contribution in [2.75, 3.05) is 0 Å². The summed E-state index contributed by atoms with van der Waals surface area (Å²) in [6.07, 6.45) is 0. The van der Waals surface area contributed by atoms with Crippen LogP contribution in [0.3, 0.4) is 0 Å². The third-order valence-electron chi connectivity index (χ3n) is 2.64. The van der Waals surface area contributed by atoms with Crippen molar-refractivity contribution >= 4 is 34.1 Å². The second kappa shape index (κ2) is 4.11. The Balaban J connectivity index is 2.85. The average molecular weight is 272 g/mol. The van der Waals surface area contributed by atoms with Crippen LogP contribution in [0.25, 0.3) is 10.9 Å². The molecule has 0 amide bonds. The van der Waals surface area contributed by atoms with Gasteiger partial charge >= 0.3 is 0 Å². The molecule has 0 aliphatic rings. The Morgan fingerprint density at radius 2 is 1.82 bits per heavy atom. The highest BCUT2D eigenvalue weighted by molar-refractivity contribution is 6.36. The summed E-state index contributed by atoms with van der Waals surface area (Å²) in [6, 6.07) is 4.55. The Labute approximate surface area is 110 Å². The van der Waals surface area contributed by atoms with Gasteiger partial charge < -0.3 is 0 Å². The summed E-state index contributed by atoms with van der Waals surface area (Å²) >= 11 is 12.1. The van der Waals surface area contributed by atoms with Gasteiger partial charge in [0.1, 0.15) is 11.0 Å². The number of benzene rings is 1. The van der Waals surface area contributed by atoms with E-state index in [1.54, 1.807) is 6.07 Å². The lowest BCUT2D eigenvalue weighted by Crippen LogP contribution is -2.12. The highest BCUT2D eigenvalue weighted by Gasteiger charge is 2.20. The van der Waals surface area contributed by atoms with Gasteiger partial charge in [-0.3, -0.25) is 0 Å². The number of hydrogen-bond acceptors (Lipinski definition) is 1. The maximum atomic E-state index is 13.7. The summed E-state index contributed by atoms with van der Waals surface area (Å²) < 4.78 is 13.7. The number of pyridine rings is 1. The molecule has 0 saturated heterocycles. The smallest absolute Gasteiger partial charge is 0.133 e. The summed E-state index contributed by atoms with van der Waals surface area (Å²) in [6.45, 7) is 6.01. The monoisotopic (exact) mass is 271 g/mol. The first-order valence-electron chi connectivity index (χ1n) is 5.25. The standard InChI is InChI=1S/C13H12Cl2FN/c1-13(2,3)8-6-7-10(16)5-4-9(14)11(7)17-12(8)15/h4-6H,1-3H3. The fraction of sp³-hybridized carbons (Fsp3) is 0.308. The molecule has 0 aliphatic heterocycles. The Morgan fingerprint density at radius 3 is 2.41 bits per heavy atom. The van der Waals surface area contributed by atoms with E-state index in [0.717, 1.165) is 5.56 Å². The van der Waals surface area contributed by atoms with Crippen LogP contribution in [0.15, 0.2) is 18.2 Å². The number of nitrogens with zero attached hydrogens (tertiary/aromatic N) is 1. The summed E-state index contributed by atoms with van der Waals surface area (Å²) in [5.74, 6) is -0.334. The lowest BCUT2D eigenvalue weighted by molar-refractivity contribution is 0.588. The Bertz CT molecular complexity index is 588. The van der Waals surface area contributed by atoms with Gasteiger partial charge in [0.2, 0.25) is 0 Å². The molecule has 0 N–H and O–H groups in total. The SMILES string of the molecule is CC(C)(C)c1cc2c(F)ccc(Cl)c2nc1Cl. The van der Waals surface area contributed by atoms with E-state index in [1.807, 2.05) is 20.8 Å². The third kappa shape index (κ3) is 2.24. The lowest BCUT2D eigenvalue weighted by Gasteiger charge is -2.20. The second-order valence-corrected chi connectivity index (χ2v) is 5.77. The molecule has 0 fully saturated rings. The first-order chi connectivity index (χ1) is 7.80. The molecule has 2 aromatic rings. The van der Waals surface area contributed by atoms with Crippen LogP contribution in [-0.4, -0.2) is 4.98 Å². The van der Waals surface area contributed by atoms with Crippen molar-refractivity contribution in [3.63, 3.8) is 0 Å². The maximum absolute atomic E-state index is 13.7. The van der Waals surface area contributed by atoms with Gasteiger partial charge in [-0.15, -0.1) is 0 Å². The van der Waals surface area contributed by atoms with Crippen molar-refractivity contribution in [1.29, 1.82) is 0 Å². The molecule has 90 valence electrons. The van der Waals surface area contributed by atoms with E-state index < -0.39 is 0 Å². The van der Waals surface area contributed by atoms with Crippen molar-refractivity contribution in [1.82, 2.24) is 4.98 Å². The third-order valence-corrected chi connectivity index (χ3v) is 3.24. The van der Waals surface area contributed by atoms with E-state index in [1.165, 1.54) is 12.1 Å². The highest BCUT2D eigenvalue weighted by Crippen LogP contribution is 2.33. The molecule has 0 spiro atoms. The zero-order chi connectivity index (χ0) is 12.8. The molecular formula is C13H12Cl2FN. The van der Waals surface area contributed by atoms with Gasteiger partial charge in [0.25, 0.3) is 0 Å².